The molecule has 5 aliphatic rings. The minimum atomic E-state index is -0.172. The third-order valence-electron chi connectivity index (χ3n) is 9.08. The largest absolute Gasteiger partial charge is 0.462 e. The number of fused-ring (bicyclic) bond motifs is 4. The molecular formula is C21H30O4. The molecule has 1 spiro atoms. The van der Waals surface area contributed by atoms with Gasteiger partial charge >= 0.3 is 5.97 Å². The Kier molecular flexibility index (Phi) is 3.18. The molecule has 1 saturated heterocycles. The summed E-state index contributed by atoms with van der Waals surface area (Å²) < 4.78 is 12.0. The molecule has 1 heterocycles. The van der Waals surface area contributed by atoms with E-state index >= 15 is 0 Å². The molecule has 138 valence electrons. The maximum absolute atomic E-state index is 12.5. The molecule has 0 bridgehead atoms. The molecular weight excluding hydrogens is 316 g/mol. The van der Waals surface area contributed by atoms with Crippen molar-refractivity contribution < 1.29 is 19.1 Å². The SMILES string of the molecule is CC(=O)OC1CC[C@]2(C)[C@@H]3CC[C@]4(C)C(=O)CC[C@H]4[C@@H]3CC3OC32C1. The van der Waals surface area contributed by atoms with E-state index in [1.165, 1.54) is 6.92 Å². The van der Waals surface area contributed by atoms with Gasteiger partial charge in [0, 0.05) is 30.6 Å². The lowest BCUT2D eigenvalue weighted by Crippen LogP contribution is -2.58. The highest BCUT2D eigenvalue weighted by Gasteiger charge is 2.76. The van der Waals surface area contributed by atoms with Crippen LogP contribution in [0.3, 0.4) is 0 Å². The number of ether oxygens (including phenoxy) is 2. The van der Waals surface area contributed by atoms with E-state index in [2.05, 4.69) is 13.8 Å². The van der Waals surface area contributed by atoms with Crippen LogP contribution in [0.2, 0.25) is 0 Å². The molecule has 0 N–H and O–H groups in total. The molecule has 5 fully saturated rings. The Hall–Kier alpha value is -0.900. The fraction of sp³-hybridized carbons (Fsp3) is 0.905. The fourth-order valence-electron chi connectivity index (χ4n) is 7.75. The molecule has 0 aromatic rings. The summed E-state index contributed by atoms with van der Waals surface area (Å²) >= 11 is 0. The first-order valence-corrected chi connectivity index (χ1v) is 10.2. The first-order chi connectivity index (χ1) is 11.8. The maximum atomic E-state index is 12.5. The number of rotatable bonds is 1. The van der Waals surface area contributed by atoms with Crippen molar-refractivity contribution in [1.29, 1.82) is 0 Å². The Labute approximate surface area is 150 Å². The van der Waals surface area contributed by atoms with Crippen LogP contribution in [0.5, 0.6) is 0 Å². The highest BCUT2D eigenvalue weighted by atomic mass is 16.6. The molecule has 0 aromatic carbocycles. The fourth-order valence-corrected chi connectivity index (χ4v) is 7.75. The van der Waals surface area contributed by atoms with Crippen molar-refractivity contribution in [3.05, 3.63) is 0 Å². The van der Waals surface area contributed by atoms with Crippen LogP contribution in [-0.2, 0) is 19.1 Å². The van der Waals surface area contributed by atoms with Crippen LogP contribution in [-0.4, -0.2) is 29.6 Å². The van der Waals surface area contributed by atoms with Crippen LogP contribution in [0.15, 0.2) is 0 Å². The van der Waals surface area contributed by atoms with E-state index in [9.17, 15) is 9.59 Å². The first kappa shape index (κ1) is 16.3. The van der Waals surface area contributed by atoms with E-state index in [4.69, 9.17) is 9.47 Å². The first-order valence-electron chi connectivity index (χ1n) is 10.2. The van der Waals surface area contributed by atoms with E-state index in [0.717, 1.165) is 51.4 Å². The summed E-state index contributed by atoms with van der Waals surface area (Å²) in [5.74, 6) is 2.19. The van der Waals surface area contributed by atoms with Gasteiger partial charge in [0.25, 0.3) is 0 Å². The highest BCUT2D eigenvalue weighted by molar-refractivity contribution is 5.87. The van der Waals surface area contributed by atoms with Crippen molar-refractivity contribution >= 4 is 11.8 Å². The normalized spacial score (nSPS) is 56.3. The van der Waals surface area contributed by atoms with Crippen LogP contribution in [0, 0.1) is 28.6 Å². The molecule has 0 aromatic heterocycles. The topological polar surface area (TPSA) is 55.9 Å². The molecule has 25 heavy (non-hydrogen) atoms. The number of esters is 1. The Morgan fingerprint density at radius 3 is 2.72 bits per heavy atom. The van der Waals surface area contributed by atoms with E-state index in [-0.39, 0.29) is 28.5 Å². The summed E-state index contributed by atoms with van der Waals surface area (Å²) in [4.78, 5) is 23.9. The number of carbonyl (C=O) groups excluding carboxylic acids is 2. The summed E-state index contributed by atoms with van der Waals surface area (Å²) in [5.41, 5.74) is 0.0500. The Morgan fingerprint density at radius 2 is 1.96 bits per heavy atom. The monoisotopic (exact) mass is 346 g/mol. The molecule has 1 aliphatic heterocycles. The molecule has 4 saturated carbocycles. The van der Waals surface area contributed by atoms with Gasteiger partial charge in [0.05, 0.1) is 6.10 Å². The lowest BCUT2D eigenvalue weighted by Gasteiger charge is -2.58. The number of hydrogen-bond donors (Lipinski definition) is 0. The summed E-state index contributed by atoms with van der Waals surface area (Å²) in [6.45, 7) is 6.18. The summed E-state index contributed by atoms with van der Waals surface area (Å²) in [6.07, 6.45) is 8.45. The number of hydrogen-bond acceptors (Lipinski definition) is 4. The van der Waals surface area contributed by atoms with Crippen LogP contribution in [0.1, 0.15) is 72.1 Å². The van der Waals surface area contributed by atoms with Crippen molar-refractivity contribution in [2.24, 2.45) is 28.6 Å². The number of carbonyl (C=O) groups is 2. The van der Waals surface area contributed by atoms with E-state index in [1.807, 2.05) is 0 Å². The molecule has 0 radical (unpaired) electrons. The molecule has 4 aliphatic carbocycles. The van der Waals surface area contributed by atoms with Crippen molar-refractivity contribution in [2.45, 2.75) is 89.9 Å². The van der Waals surface area contributed by atoms with Gasteiger partial charge in [-0.15, -0.1) is 0 Å². The Morgan fingerprint density at radius 1 is 1.16 bits per heavy atom. The van der Waals surface area contributed by atoms with Gasteiger partial charge < -0.3 is 9.47 Å². The number of ketones is 1. The third-order valence-corrected chi connectivity index (χ3v) is 9.08. The van der Waals surface area contributed by atoms with Crippen LogP contribution in [0.25, 0.3) is 0 Å². The molecule has 4 nitrogen and oxygen atoms in total. The zero-order valence-electron chi connectivity index (χ0n) is 15.7. The average molecular weight is 346 g/mol. The van der Waals surface area contributed by atoms with Gasteiger partial charge in [-0.2, -0.15) is 0 Å². The zero-order valence-corrected chi connectivity index (χ0v) is 15.7. The summed E-state index contributed by atoms with van der Waals surface area (Å²) in [5, 5.41) is 0. The quantitative estimate of drug-likeness (QED) is 0.537. The second-order valence-electron chi connectivity index (χ2n) is 9.92. The summed E-state index contributed by atoms with van der Waals surface area (Å²) in [7, 11) is 0. The number of Topliss-reactive ketones (excluding diaryl/α,β-unsaturated/α-hetero) is 1. The van der Waals surface area contributed by atoms with Gasteiger partial charge in [0.15, 0.2) is 0 Å². The minimum Gasteiger partial charge on any atom is -0.462 e. The molecule has 5 rings (SSSR count). The smallest absolute Gasteiger partial charge is 0.302 e. The van der Waals surface area contributed by atoms with Gasteiger partial charge in [-0.05, 0) is 56.3 Å². The van der Waals surface area contributed by atoms with Gasteiger partial charge in [-0.25, -0.2) is 0 Å². The van der Waals surface area contributed by atoms with E-state index in [0.29, 0.717) is 29.6 Å². The third kappa shape index (κ3) is 1.92. The second-order valence-corrected chi connectivity index (χ2v) is 9.92. The predicted octanol–water partition coefficient (Wildman–Crippen LogP) is 3.66. The van der Waals surface area contributed by atoms with E-state index < -0.39 is 0 Å². The average Bonchev–Trinajstić information content (AvgIpc) is 3.15. The highest BCUT2D eigenvalue weighted by Crippen LogP contribution is 2.73. The molecule has 0 amide bonds. The van der Waals surface area contributed by atoms with Crippen LogP contribution in [0.4, 0.5) is 0 Å². The molecule has 4 heteroatoms. The van der Waals surface area contributed by atoms with Gasteiger partial charge in [-0.1, -0.05) is 13.8 Å². The van der Waals surface area contributed by atoms with Crippen molar-refractivity contribution in [1.82, 2.24) is 0 Å². The van der Waals surface area contributed by atoms with Crippen molar-refractivity contribution in [3.63, 3.8) is 0 Å². The van der Waals surface area contributed by atoms with E-state index in [1.54, 1.807) is 0 Å². The standard InChI is InChI=1S/C21H30O4/c1-12(22)24-13-6-9-20(3)16-7-8-19(2)15(4-5-17(19)23)14(16)10-18-21(20,11-13)25-18/h13-16,18H,4-11H2,1-3H3/t13?,14-,15-,16+,18?,19-,20+,21?/m0/s1. The predicted molar refractivity (Wildman–Crippen MR) is 91.8 cm³/mol. The Balaban J connectivity index is 1.44. The zero-order chi connectivity index (χ0) is 17.6. The van der Waals surface area contributed by atoms with Gasteiger partial charge in [0.2, 0.25) is 0 Å². The van der Waals surface area contributed by atoms with Crippen molar-refractivity contribution in [2.75, 3.05) is 0 Å². The second kappa shape index (κ2) is 4.88. The summed E-state index contributed by atoms with van der Waals surface area (Å²) in [6, 6.07) is 0. The van der Waals surface area contributed by atoms with Gasteiger partial charge in [-0.3, -0.25) is 9.59 Å². The lowest BCUT2D eigenvalue weighted by molar-refractivity contribution is -0.157. The number of epoxide rings is 1. The lowest BCUT2D eigenvalue weighted by atomic mass is 9.45. The molecule has 8 atom stereocenters. The maximum Gasteiger partial charge on any atom is 0.302 e. The minimum absolute atomic E-state index is 0.0223. The van der Waals surface area contributed by atoms with Gasteiger partial charge in [0.1, 0.15) is 17.5 Å². The van der Waals surface area contributed by atoms with Crippen LogP contribution >= 0.6 is 0 Å². The molecule has 3 unspecified atom stereocenters. The van der Waals surface area contributed by atoms with Crippen molar-refractivity contribution in [3.8, 4) is 0 Å². The van der Waals surface area contributed by atoms with Crippen LogP contribution < -0.4 is 0 Å². The Bertz CT molecular complexity index is 644.